The van der Waals surface area contributed by atoms with E-state index < -0.39 is 0 Å². The minimum Gasteiger partial charge on any atom is -0.272 e. The standard InChI is InChI=1S/C23H18Cl2N6OS/c1-15-5-7-17(8-6-15)31-22(16-9-11-26-12-10-16)29-30-23(31)33-14-21(32)28-27-13-18-19(24)3-2-4-20(18)25/h2-13H,14H2,1H3,(H,28,32)/b27-13-. The van der Waals surface area contributed by atoms with Crippen molar-refractivity contribution >= 4 is 47.1 Å². The SMILES string of the molecule is Cc1ccc(-n2c(SCC(=O)N/N=C\c3c(Cl)cccc3Cl)nnc2-c2ccncc2)cc1. The minimum atomic E-state index is -0.302. The molecule has 0 aliphatic heterocycles. The number of pyridine rings is 1. The Kier molecular flexibility index (Phi) is 7.39. The Balaban J connectivity index is 1.51. The number of aromatic nitrogens is 4. The second kappa shape index (κ2) is 10.6. The third-order valence-corrected chi connectivity index (χ3v) is 6.17. The quantitative estimate of drug-likeness (QED) is 0.216. The maximum Gasteiger partial charge on any atom is 0.250 e. The highest BCUT2D eigenvalue weighted by atomic mass is 35.5. The van der Waals surface area contributed by atoms with Crippen LogP contribution in [-0.2, 0) is 4.79 Å². The summed E-state index contributed by atoms with van der Waals surface area (Å²) in [5.41, 5.74) is 5.93. The molecule has 33 heavy (non-hydrogen) atoms. The number of nitrogens with one attached hydrogen (secondary N) is 1. The molecule has 2 aromatic heterocycles. The third-order valence-electron chi connectivity index (χ3n) is 4.58. The van der Waals surface area contributed by atoms with Crippen LogP contribution in [0.3, 0.4) is 0 Å². The van der Waals surface area contributed by atoms with E-state index in [9.17, 15) is 4.79 Å². The summed E-state index contributed by atoms with van der Waals surface area (Å²) < 4.78 is 1.92. The Morgan fingerprint density at radius 3 is 2.45 bits per heavy atom. The number of benzene rings is 2. The molecule has 4 rings (SSSR count). The van der Waals surface area contributed by atoms with E-state index in [2.05, 4.69) is 25.7 Å². The van der Waals surface area contributed by atoms with Crippen molar-refractivity contribution in [2.45, 2.75) is 12.1 Å². The van der Waals surface area contributed by atoms with Crippen LogP contribution in [0, 0.1) is 6.92 Å². The summed E-state index contributed by atoms with van der Waals surface area (Å²) in [4.78, 5) is 16.4. The zero-order valence-corrected chi connectivity index (χ0v) is 19.8. The molecule has 0 saturated heterocycles. The molecule has 0 aliphatic carbocycles. The van der Waals surface area contributed by atoms with E-state index >= 15 is 0 Å². The van der Waals surface area contributed by atoms with Gasteiger partial charge in [0.1, 0.15) is 0 Å². The Morgan fingerprint density at radius 2 is 1.76 bits per heavy atom. The van der Waals surface area contributed by atoms with Gasteiger partial charge in [0.15, 0.2) is 11.0 Å². The highest BCUT2D eigenvalue weighted by Gasteiger charge is 2.17. The fourth-order valence-corrected chi connectivity index (χ4v) is 4.18. The van der Waals surface area contributed by atoms with Gasteiger partial charge >= 0.3 is 0 Å². The number of amides is 1. The monoisotopic (exact) mass is 496 g/mol. The van der Waals surface area contributed by atoms with E-state index in [1.54, 1.807) is 30.6 Å². The van der Waals surface area contributed by atoms with Gasteiger partial charge in [0.05, 0.1) is 22.0 Å². The van der Waals surface area contributed by atoms with Crippen molar-refractivity contribution in [2.24, 2.45) is 5.10 Å². The molecular formula is C23H18Cl2N6OS. The lowest BCUT2D eigenvalue weighted by Crippen LogP contribution is -2.20. The maximum atomic E-state index is 12.4. The summed E-state index contributed by atoms with van der Waals surface area (Å²) in [6.45, 7) is 2.02. The first-order valence-electron chi connectivity index (χ1n) is 9.84. The summed E-state index contributed by atoms with van der Waals surface area (Å²) in [7, 11) is 0. The van der Waals surface area contributed by atoms with E-state index in [4.69, 9.17) is 23.2 Å². The number of hydrazone groups is 1. The van der Waals surface area contributed by atoms with Gasteiger partial charge in [-0.1, -0.05) is 58.7 Å². The van der Waals surface area contributed by atoms with E-state index in [0.29, 0.717) is 26.6 Å². The molecule has 0 aliphatic rings. The minimum absolute atomic E-state index is 0.0912. The molecule has 0 bridgehead atoms. The van der Waals surface area contributed by atoms with Crippen LogP contribution in [0.5, 0.6) is 0 Å². The summed E-state index contributed by atoms with van der Waals surface area (Å²) in [6, 6.07) is 16.9. The molecule has 0 spiro atoms. The van der Waals surface area contributed by atoms with Crippen molar-refractivity contribution in [3.63, 3.8) is 0 Å². The molecule has 2 heterocycles. The van der Waals surface area contributed by atoms with Crippen molar-refractivity contribution < 1.29 is 4.79 Å². The van der Waals surface area contributed by atoms with Crippen LogP contribution < -0.4 is 5.43 Å². The van der Waals surface area contributed by atoms with E-state index in [0.717, 1.165) is 16.8 Å². The van der Waals surface area contributed by atoms with Crippen LogP contribution in [0.2, 0.25) is 10.0 Å². The number of carbonyl (C=O) groups is 1. The molecule has 10 heteroatoms. The van der Waals surface area contributed by atoms with Gasteiger partial charge < -0.3 is 0 Å². The second-order valence-corrected chi connectivity index (χ2v) is 8.69. The summed E-state index contributed by atoms with van der Waals surface area (Å²) in [6.07, 6.45) is 4.82. The predicted molar refractivity (Wildman–Crippen MR) is 132 cm³/mol. The molecule has 0 radical (unpaired) electrons. The van der Waals surface area contributed by atoms with Gasteiger partial charge in [-0.25, -0.2) is 5.43 Å². The van der Waals surface area contributed by atoms with Gasteiger partial charge in [0, 0.05) is 29.2 Å². The smallest absolute Gasteiger partial charge is 0.250 e. The molecule has 1 N–H and O–H groups in total. The zero-order chi connectivity index (χ0) is 23.2. The van der Waals surface area contributed by atoms with Crippen molar-refractivity contribution in [2.75, 3.05) is 5.75 Å². The number of aryl methyl sites for hydroxylation is 1. The Labute approximate surface area is 204 Å². The lowest BCUT2D eigenvalue weighted by atomic mass is 10.2. The second-order valence-electron chi connectivity index (χ2n) is 6.93. The molecule has 0 saturated carbocycles. The third kappa shape index (κ3) is 5.60. The van der Waals surface area contributed by atoms with E-state index in [1.807, 2.05) is 47.9 Å². The van der Waals surface area contributed by atoms with Crippen LogP contribution in [0.15, 0.2) is 77.2 Å². The summed E-state index contributed by atoms with van der Waals surface area (Å²) >= 11 is 13.5. The van der Waals surface area contributed by atoms with Gasteiger partial charge in [-0.2, -0.15) is 5.10 Å². The van der Waals surface area contributed by atoms with Crippen molar-refractivity contribution in [3.05, 3.63) is 88.2 Å². The Morgan fingerprint density at radius 1 is 1.06 bits per heavy atom. The first kappa shape index (κ1) is 23.0. The highest BCUT2D eigenvalue weighted by molar-refractivity contribution is 7.99. The molecule has 0 unspecified atom stereocenters. The first-order valence-corrected chi connectivity index (χ1v) is 11.6. The fourth-order valence-electron chi connectivity index (χ4n) is 2.94. The first-order chi connectivity index (χ1) is 16.0. The number of nitrogens with zero attached hydrogens (tertiary/aromatic N) is 5. The van der Waals surface area contributed by atoms with Crippen molar-refractivity contribution in [1.29, 1.82) is 0 Å². The van der Waals surface area contributed by atoms with Gasteiger partial charge in [-0.15, -0.1) is 10.2 Å². The highest BCUT2D eigenvalue weighted by Crippen LogP contribution is 2.28. The van der Waals surface area contributed by atoms with E-state index in [1.165, 1.54) is 18.0 Å². The fraction of sp³-hybridized carbons (Fsp3) is 0.0870. The number of rotatable bonds is 7. The van der Waals surface area contributed by atoms with Crippen LogP contribution in [0.25, 0.3) is 17.1 Å². The Hall–Kier alpha value is -3.20. The molecule has 0 atom stereocenters. The van der Waals surface area contributed by atoms with E-state index in [-0.39, 0.29) is 11.7 Å². The number of thioether (sulfide) groups is 1. The van der Waals surface area contributed by atoms with Crippen molar-refractivity contribution in [1.82, 2.24) is 25.2 Å². The topological polar surface area (TPSA) is 85.1 Å². The Bertz CT molecular complexity index is 1270. The normalized spacial score (nSPS) is 11.1. The lowest BCUT2D eigenvalue weighted by molar-refractivity contribution is -0.118. The number of carbonyl (C=O) groups excluding carboxylic acids is 1. The van der Waals surface area contributed by atoms with Gasteiger partial charge in [-0.05, 0) is 43.3 Å². The molecule has 2 aromatic carbocycles. The average molecular weight is 497 g/mol. The predicted octanol–water partition coefficient (Wildman–Crippen LogP) is 5.19. The molecule has 1 amide bonds. The number of hydrogen-bond acceptors (Lipinski definition) is 6. The molecule has 4 aromatic rings. The lowest BCUT2D eigenvalue weighted by Gasteiger charge is -2.10. The van der Waals surface area contributed by atoms with Gasteiger partial charge in [0.25, 0.3) is 5.91 Å². The largest absolute Gasteiger partial charge is 0.272 e. The summed E-state index contributed by atoms with van der Waals surface area (Å²) in [5, 5.41) is 14.1. The van der Waals surface area contributed by atoms with Crippen LogP contribution in [-0.4, -0.2) is 37.6 Å². The van der Waals surface area contributed by atoms with Crippen LogP contribution in [0.1, 0.15) is 11.1 Å². The zero-order valence-electron chi connectivity index (χ0n) is 17.4. The average Bonchev–Trinajstić information content (AvgIpc) is 3.25. The van der Waals surface area contributed by atoms with Crippen LogP contribution >= 0.6 is 35.0 Å². The van der Waals surface area contributed by atoms with Crippen molar-refractivity contribution in [3.8, 4) is 17.1 Å². The molecule has 7 nitrogen and oxygen atoms in total. The van der Waals surface area contributed by atoms with Crippen LogP contribution in [0.4, 0.5) is 0 Å². The maximum absolute atomic E-state index is 12.4. The summed E-state index contributed by atoms with van der Waals surface area (Å²) in [5.74, 6) is 0.451. The molecular weight excluding hydrogens is 479 g/mol. The molecule has 0 fully saturated rings. The number of hydrogen-bond donors (Lipinski definition) is 1. The molecule has 166 valence electrons. The van der Waals surface area contributed by atoms with Gasteiger partial charge in [-0.3, -0.25) is 14.3 Å². The number of halogens is 2. The van der Waals surface area contributed by atoms with Gasteiger partial charge in [0.2, 0.25) is 0 Å².